The van der Waals surface area contributed by atoms with Crippen LogP contribution in [0.3, 0.4) is 0 Å². The van der Waals surface area contributed by atoms with E-state index in [0.717, 1.165) is 22.4 Å². The molecule has 1 aromatic heterocycles. The van der Waals surface area contributed by atoms with Crippen LogP contribution in [-0.4, -0.2) is 20.7 Å². The van der Waals surface area contributed by atoms with E-state index in [1.807, 2.05) is 56.3 Å². The van der Waals surface area contributed by atoms with Gasteiger partial charge in [-0.2, -0.15) is 5.10 Å². The van der Waals surface area contributed by atoms with E-state index in [1.54, 1.807) is 11.0 Å². The molecule has 0 radical (unpaired) electrons. The normalized spacial score (nSPS) is 10.5. The minimum atomic E-state index is -0.102. The molecule has 1 N–H and O–H groups in total. The number of hydrogen-bond donors (Lipinski definition) is 1. The van der Waals surface area contributed by atoms with Crippen molar-refractivity contribution in [2.75, 3.05) is 5.32 Å². The molecule has 0 saturated heterocycles. The number of nitrogens with one attached hydrogen (secondary N) is 1. The molecule has 0 aliphatic heterocycles. The molecule has 0 aliphatic carbocycles. The zero-order chi connectivity index (χ0) is 16.2. The highest BCUT2D eigenvalue weighted by Gasteiger charge is 2.09. The number of hydrogen-bond acceptors (Lipinski definition) is 3. The summed E-state index contributed by atoms with van der Waals surface area (Å²) >= 11 is 0. The number of aromatic nitrogens is 3. The van der Waals surface area contributed by atoms with Gasteiger partial charge in [0.05, 0.1) is 6.54 Å². The Kier molecular flexibility index (Phi) is 4.19. The molecule has 116 valence electrons. The SMILES string of the molecule is Cc1cccc(C)c1NC(=O)c1ccc(Cn2cncn2)cc1. The van der Waals surface area contributed by atoms with Gasteiger partial charge < -0.3 is 5.32 Å². The quantitative estimate of drug-likeness (QED) is 0.805. The first-order chi connectivity index (χ1) is 11.1. The molecular formula is C18H18N4O. The average molecular weight is 306 g/mol. The van der Waals surface area contributed by atoms with E-state index in [9.17, 15) is 4.79 Å². The molecule has 1 amide bonds. The summed E-state index contributed by atoms with van der Waals surface area (Å²) in [6.45, 7) is 4.62. The summed E-state index contributed by atoms with van der Waals surface area (Å²) in [4.78, 5) is 16.3. The molecule has 1 heterocycles. The summed E-state index contributed by atoms with van der Waals surface area (Å²) in [5.74, 6) is -0.102. The number of benzene rings is 2. The monoisotopic (exact) mass is 306 g/mol. The van der Waals surface area contributed by atoms with Gasteiger partial charge in [-0.1, -0.05) is 30.3 Å². The Bertz CT molecular complexity index is 787. The van der Waals surface area contributed by atoms with Crippen molar-refractivity contribution in [3.05, 3.63) is 77.4 Å². The summed E-state index contributed by atoms with van der Waals surface area (Å²) in [5.41, 5.74) is 4.70. The zero-order valence-corrected chi connectivity index (χ0v) is 13.2. The minimum absolute atomic E-state index is 0.102. The standard InChI is InChI=1S/C18H18N4O/c1-13-4-3-5-14(2)17(13)21-18(23)16-8-6-15(7-9-16)10-22-12-19-11-20-22/h3-9,11-12H,10H2,1-2H3,(H,21,23). The number of rotatable bonds is 4. The van der Waals surface area contributed by atoms with Crippen LogP contribution in [0.5, 0.6) is 0 Å². The van der Waals surface area contributed by atoms with E-state index in [4.69, 9.17) is 0 Å². The fourth-order valence-corrected chi connectivity index (χ4v) is 2.46. The topological polar surface area (TPSA) is 59.8 Å². The molecule has 0 saturated carbocycles. The summed E-state index contributed by atoms with van der Waals surface area (Å²) in [6, 6.07) is 13.5. The van der Waals surface area contributed by atoms with Crippen LogP contribution in [0.4, 0.5) is 5.69 Å². The summed E-state index contributed by atoms with van der Waals surface area (Å²) in [6.07, 6.45) is 3.17. The van der Waals surface area contributed by atoms with Crippen molar-refractivity contribution in [1.29, 1.82) is 0 Å². The third-order valence-electron chi connectivity index (χ3n) is 3.75. The van der Waals surface area contributed by atoms with E-state index >= 15 is 0 Å². The van der Waals surface area contributed by atoms with Crippen molar-refractivity contribution in [2.24, 2.45) is 0 Å². The molecule has 0 unspecified atom stereocenters. The van der Waals surface area contributed by atoms with E-state index in [2.05, 4.69) is 15.4 Å². The Balaban J connectivity index is 1.73. The average Bonchev–Trinajstić information content (AvgIpc) is 3.04. The van der Waals surface area contributed by atoms with Crippen molar-refractivity contribution >= 4 is 11.6 Å². The van der Waals surface area contributed by atoms with E-state index in [1.165, 1.54) is 6.33 Å². The maximum atomic E-state index is 12.4. The van der Waals surface area contributed by atoms with Gasteiger partial charge in [-0.05, 0) is 42.7 Å². The van der Waals surface area contributed by atoms with Gasteiger partial charge in [-0.15, -0.1) is 0 Å². The molecule has 23 heavy (non-hydrogen) atoms. The van der Waals surface area contributed by atoms with Crippen LogP contribution in [0.25, 0.3) is 0 Å². The van der Waals surface area contributed by atoms with Crippen LogP contribution in [-0.2, 0) is 6.54 Å². The van der Waals surface area contributed by atoms with Crippen LogP contribution in [0, 0.1) is 13.8 Å². The number of amides is 1. The molecule has 0 spiro atoms. The Morgan fingerprint density at radius 1 is 1.09 bits per heavy atom. The first kappa shape index (κ1) is 15.0. The second-order valence-corrected chi connectivity index (χ2v) is 5.51. The summed E-state index contributed by atoms with van der Waals surface area (Å²) in [7, 11) is 0. The Morgan fingerprint density at radius 3 is 2.39 bits per heavy atom. The molecule has 0 atom stereocenters. The first-order valence-electron chi connectivity index (χ1n) is 7.42. The summed E-state index contributed by atoms with van der Waals surface area (Å²) in [5, 5.41) is 7.06. The lowest BCUT2D eigenvalue weighted by Crippen LogP contribution is -2.14. The van der Waals surface area contributed by atoms with Crippen LogP contribution in [0.1, 0.15) is 27.0 Å². The van der Waals surface area contributed by atoms with Crippen LogP contribution in [0.2, 0.25) is 0 Å². The van der Waals surface area contributed by atoms with Crippen molar-refractivity contribution in [2.45, 2.75) is 20.4 Å². The molecule has 5 heteroatoms. The van der Waals surface area contributed by atoms with Gasteiger partial charge in [0.1, 0.15) is 12.7 Å². The number of anilines is 1. The molecule has 5 nitrogen and oxygen atoms in total. The molecule has 0 fully saturated rings. The van der Waals surface area contributed by atoms with Crippen molar-refractivity contribution in [1.82, 2.24) is 14.8 Å². The number of nitrogens with zero attached hydrogens (tertiary/aromatic N) is 3. The van der Waals surface area contributed by atoms with E-state index in [-0.39, 0.29) is 5.91 Å². The fourth-order valence-electron chi connectivity index (χ4n) is 2.46. The lowest BCUT2D eigenvalue weighted by Gasteiger charge is -2.11. The zero-order valence-electron chi connectivity index (χ0n) is 13.2. The first-order valence-corrected chi connectivity index (χ1v) is 7.42. The van der Waals surface area contributed by atoms with Crippen molar-refractivity contribution < 1.29 is 4.79 Å². The third-order valence-corrected chi connectivity index (χ3v) is 3.75. The second-order valence-electron chi connectivity index (χ2n) is 5.51. The van der Waals surface area contributed by atoms with E-state index in [0.29, 0.717) is 12.1 Å². The Morgan fingerprint density at radius 2 is 1.78 bits per heavy atom. The van der Waals surface area contributed by atoms with Crippen molar-refractivity contribution in [3.8, 4) is 0 Å². The Hall–Kier alpha value is -2.95. The van der Waals surface area contributed by atoms with Gasteiger partial charge in [0.15, 0.2) is 0 Å². The van der Waals surface area contributed by atoms with Gasteiger partial charge in [0.25, 0.3) is 5.91 Å². The highest BCUT2D eigenvalue weighted by atomic mass is 16.1. The second kappa shape index (κ2) is 6.44. The number of carbonyl (C=O) groups is 1. The lowest BCUT2D eigenvalue weighted by molar-refractivity contribution is 0.102. The maximum Gasteiger partial charge on any atom is 0.255 e. The fraction of sp³-hybridized carbons (Fsp3) is 0.167. The minimum Gasteiger partial charge on any atom is -0.322 e. The molecule has 0 bridgehead atoms. The highest BCUT2D eigenvalue weighted by Crippen LogP contribution is 2.20. The lowest BCUT2D eigenvalue weighted by atomic mass is 10.1. The molecule has 3 aromatic rings. The predicted octanol–water partition coefficient (Wildman–Crippen LogP) is 3.20. The number of para-hydroxylation sites is 1. The van der Waals surface area contributed by atoms with Crippen LogP contribution >= 0.6 is 0 Å². The maximum absolute atomic E-state index is 12.4. The predicted molar refractivity (Wildman–Crippen MR) is 89.4 cm³/mol. The van der Waals surface area contributed by atoms with Gasteiger partial charge in [0.2, 0.25) is 0 Å². The Labute approximate surface area is 135 Å². The van der Waals surface area contributed by atoms with Crippen molar-refractivity contribution in [3.63, 3.8) is 0 Å². The smallest absolute Gasteiger partial charge is 0.255 e. The summed E-state index contributed by atoms with van der Waals surface area (Å²) < 4.78 is 1.74. The van der Waals surface area contributed by atoms with Gasteiger partial charge >= 0.3 is 0 Å². The largest absolute Gasteiger partial charge is 0.322 e. The molecule has 3 rings (SSSR count). The van der Waals surface area contributed by atoms with E-state index < -0.39 is 0 Å². The molecular weight excluding hydrogens is 288 g/mol. The van der Waals surface area contributed by atoms with Crippen LogP contribution in [0.15, 0.2) is 55.1 Å². The van der Waals surface area contributed by atoms with Gasteiger partial charge in [-0.25, -0.2) is 9.67 Å². The molecule has 0 aliphatic rings. The highest BCUT2D eigenvalue weighted by molar-refractivity contribution is 6.05. The van der Waals surface area contributed by atoms with Crippen LogP contribution < -0.4 is 5.32 Å². The van der Waals surface area contributed by atoms with Gasteiger partial charge in [-0.3, -0.25) is 4.79 Å². The third kappa shape index (κ3) is 3.45. The number of carbonyl (C=O) groups excluding carboxylic acids is 1. The number of aryl methyl sites for hydroxylation is 2. The van der Waals surface area contributed by atoms with Gasteiger partial charge in [0, 0.05) is 11.3 Å². The molecule has 2 aromatic carbocycles.